The molecule has 0 radical (unpaired) electrons. The summed E-state index contributed by atoms with van der Waals surface area (Å²) in [5.41, 5.74) is 2.81. The summed E-state index contributed by atoms with van der Waals surface area (Å²) in [5.74, 6) is 0. The number of unbranched alkanes of at least 4 members (excludes halogenated alkanes) is 3. The molecule has 1 aromatic rings. The van der Waals surface area contributed by atoms with Crippen LogP contribution in [0.5, 0.6) is 0 Å². The number of benzene rings is 1. The highest BCUT2D eigenvalue weighted by molar-refractivity contribution is 5.85. The molecule has 1 nitrogen and oxygen atoms in total. The molecule has 0 aliphatic carbocycles. The lowest BCUT2D eigenvalue weighted by Gasteiger charge is -2.07. The number of aryl methyl sites for hydroxylation is 1. The van der Waals surface area contributed by atoms with Gasteiger partial charge in [0.2, 0.25) is 0 Å². The molecule has 2 heteroatoms. The van der Waals surface area contributed by atoms with Crippen LogP contribution in [0.3, 0.4) is 0 Å². The van der Waals surface area contributed by atoms with E-state index in [0.29, 0.717) is 0 Å². The van der Waals surface area contributed by atoms with Gasteiger partial charge in [0.15, 0.2) is 0 Å². The minimum Gasteiger partial charge on any atom is -0.313 e. The van der Waals surface area contributed by atoms with E-state index in [2.05, 4.69) is 43.4 Å². The Kier molecular flexibility index (Phi) is 9.36. The second kappa shape index (κ2) is 9.68. The molecule has 0 bridgehead atoms. The molecular formula is C14H24ClN. The molecule has 0 aromatic heterocycles. The Bertz CT molecular complexity index is 273. The fraction of sp³-hybridized carbons (Fsp3) is 0.571. The number of hydrogen-bond acceptors (Lipinski definition) is 1. The average Bonchev–Trinajstić information content (AvgIpc) is 2.25. The van der Waals surface area contributed by atoms with Crippen molar-refractivity contribution in [2.45, 2.75) is 46.1 Å². The Balaban J connectivity index is 0.00000225. The Morgan fingerprint density at radius 3 is 2.50 bits per heavy atom. The van der Waals surface area contributed by atoms with Crippen LogP contribution in [0.15, 0.2) is 24.3 Å². The van der Waals surface area contributed by atoms with Crippen LogP contribution in [-0.4, -0.2) is 6.54 Å². The van der Waals surface area contributed by atoms with Gasteiger partial charge >= 0.3 is 0 Å². The van der Waals surface area contributed by atoms with Crippen LogP contribution in [0.1, 0.15) is 43.7 Å². The van der Waals surface area contributed by atoms with Crippen LogP contribution in [0.2, 0.25) is 0 Å². The minimum atomic E-state index is 0. The summed E-state index contributed by atoms with van der Waals surface area (Å²) in [5, 5.41) is 3.50. The molecule has 0 heterocycles. The van der Waals surface area contributed by atoms with E-state index in [9.17, 15) is 0 Å². The van der Waals surface area contributed by atoms with E-state index in [1.807, 2.05) is 0 Å². The molecule has 0 unspecified atom stereocenters. The van der Waals surface area contributed by atoms with E-state index >= 15 is 0 Å². The molecule has 0 saturated heterocycles. The summed E-state index contributed by atoms with van der Waals surface area (Å²) >= 11 is 0. The van der Waals surface area contributed by atoms with E-state index in [-0.39, 0.29) is 12.4 Å². The molecule has 1 aromatic carbocycles. The maximum atomic E-state index is 3.50. The molecular weight excluding hydrogens is 218 g/mol. The first-order chi connectivity index (χ1) is 7.34. The third-order valence-electron chi connectivity index (χ3n) is 2.78. The highest BCUT2D eigenvalue weighted by Gasteiger charge is 1.95. The smallest absolute Gasteiger partial charge is 0.0208 e. The van der Waals surface area contributed by atoms with Gasteiger partial charge in [0.25, 0.3) is 0 Å². The fourth-order valence-electron chi connectivity index (χ4n) is 1.71. The standard InChI is InChI=1S/C14H23N.ClH/c1-3-4-5-8-11-15-12-14-10-7-6-9-13(14)2;/h6-7,9-10,15H,3-5,8,11-12H2,1-2H3;1H. The second-order valence-electron chi connectivity index (χ2n) is 4.16. The molecule has 0 aliphatic rings. The van der Waals surface area contributed by atoms with Gasteiger partial charge in [0, 0.05) is 6.54 Å². The number of rotatable bonds is 7. The minimum absolute atomic E-state index is 0. The second-order valence-corrected chi connectivity index (χ2v) is 4.16. The fourth-order valence-corrected chi connectivity index (χ4v) is 1.71. The average molecular weight is 242 g/mol. The zero-order chi connectivity index (χ0) is 10.9. The Morgan fingerprint density at radius 2 is 1.81 bits per heavy atom. The van der Waals surface area contributed by atoms with Gasteiger partial charge in [-0.1, -0.05) is 50.5 Å². The Labute approximate surface area is 106 Å². The maximum Gasteiger partial charge on any atom is 0.0208 e. The Hall–Kier alpha value is -0.530. The van der Waals surface area contributed by atoms with Crippen LogP contribution in [0, 0.1) is 6.92 Å². The summed E-state index contributed by atoms with van der Waals surface area (Å²) in [7, 11) is 0. The number of hydrogen-bond donors (Lipinski definition) is 1. The first-order valence-electron chi connectivity index (χ1n) is 6.10. The zero-order valence-electron chi connectivity index (χ0n) is 10.5. The molecule has 0 amide bonds. The van der Waals surface area contributed by atoms with Crippen molar-refractivity contribution in [1.82, 2.24) is 5.32 Å². The molecule has 0 atom stereocenters. The summed E-state index contributed by atoms with van der Waals surface area (Å²) in [6.07, 6.45) is 5.35. The van der Waals surface area contributed by atoms with Gasteiger partial charge in [0.05, 0.1) is 0 Å². The molecule has 92 valence electrons. The molecule has 1 rings (SSSR count). The van der Waals surface area contributed by atoms with Crippen molar-refractivity contribution in [3.63, 3.8) is 0 Å². The van der Waals surface area contributed by atoms with Gasteiger partial charge in [-0.15, -0.1) is 12.4 Å². The summed E-state index contributed by atoms with van der Waals surface area (Å²) in [6, 6.07) is 8.59. The summed E-state index contributed by atoms with van der Waals surface area (Å²) in [6.45, 7) is 6.59. The summed E-state index contributed by atoms with van der Waals surface area (Å²) in [4.78, 5) is 0. The van der Waals surface area contributed by atoms with Crippen LogP contribution >= 0.6 is 12.4 Å². The number of halogens is 1. The zero-order valence-corrected chi connectivity index (χ0v) is 11.3. The van der Waals surface area contributed by atoms with Gasteiger partial charge in [-0.05, 0) is 31.0 Å². The van der Waals surface area contributed by atoms with Crippen LogP contribution in [0.25, 0.3) is 0 Å². The molecule has 0 saturated carbocycles. The van der Waals surface area contributed by atoms with E-state index in [1.54, 1.807) is 0 Å². The third-order valence-corrected chi connectivity index (χ3v) is 2.78. The van der Waals surface area contributed by atoms with Gasteiger partial charge in [0.1, 0.15) is 0 Å². The van der Waals surface area contributed by atoms with E-state index in [4.69, 9.17) is 0 Å². The van der Waals surface area contributed by atoms with Gasteiger partial charge in [-0.25, -0.2) is 0 Å². The monoisotopic (exact) mass is 241 g/mol. The molecule has 0 spiro atoms. The van der Waals surface area contributed by atoms with E-state index in [0.717, 1.165) is 13.1 Å². The van der Waals surface area contributed by atoms with Crippen LogP contribution < -0.4 is 5.32 Å². The molecule has 16 heavy (non-hydrogen) atoms. The predicted octanol–water partition coefficient (Wildman–Crippen LogP) is 4.09. The Morgan fingerprint density at radius 1 is 1.06 bits per heavy atom. The molecule has 0 fully saturated rings. The summed E-state index contributed by atoms with van der Waals surface area (Å²) < 4.78 is 0. The van der Waals surface area contributed by atoms with Crippen LogP contribution in [-0.2, 0) is 6.54 Å². The predicted molar refractivity (Wildman–Crippen MR) is 74.3 cm³/mol. The van der Waals surface area contributed by atoms with Gasteiger partial charge in [-0.3, -0.25) is 0 Å². The van der Waals surface area contributed by atoms with Crippen molar-refractivity contribution in [2.24, 2.45) is 0 Å². The van der Waals surface area contributed by atoms with Crippen molar-refractivity contribution in [3.05, 3.63) is 35.4 Å². The first-order valence-corrected chi connectivity index (χ1v) is 6.10. The highest BCUT2D eigenvalue weighted by atomic mass is 35.5. The quantitative estimate of drug-likeness (QED) is 0.710. The van der Waals surface area contributed by atoms with Crippen molar-refractivity contribution < 1.29 is 0 Å². The normalized spacial score (nSPS) is 9.88. The molecule has 0 aliphatic heterocycles. The lowest BCUT2D eigenvalue weighted by atomic mass is 10.1. The molecule has 1 N–H and O–H groups in total. The van der Waals surface area contributed by atoms with Crippen molar-refractivity contribution in [1.29, 1.82) is 0 Å². The first kappa shape index (κ1) is 15.5. The van der Waals surface area contributed by atoms with E-state index in [1.165, 1.54) is 36.8 Å². The van der Waals surface area contributed by atoms with E-state index < -0.39 is 0 Å². The maximum absolute atomic E-state index is 3.50. The number of nitrogens with one attached hydrogen (secondary N) is 1. The van der Waals surface area contributed by atoms with Crippen molar-refractivity contribution in [2.75, 3.05) is 6.54 Å². The topological polar surface area (TPSA) is 12.0 Å². The SMILES string of the molecule is CCCCCCNCc1ccccc1C.Cl. The largest absolute Gasteiger partial charge is 0.313 e. The highest BCUT2D eigenvalue weighted by Crippen LogP contribution is 2.06. The van der Waals surface area contributed by atoms with Crippen molar-refractivity contribution in [3.8, 4) is 0 Å². The van der Waals surface area contributed by atoms with Gasteiger partial charge in [-0.2, -0.15) is 0 Å². The third kappa shape index (κ3) is 6.14. The van der Waals surface area contributed by atoms with Gasteiger partial charge < -0.3 is 5.32 Å². The lowest BCUT2D eigenvalue weighted by Crippen LogP contribution is -2.15. The van der Waals surface area contributed by atoms with Crippen molar-refractivity contribution >= 4 is 12.4 Å². The lowest BCUT2D eigenvalue weighted by molar-refractivity contribution is 0.597. The van der Waals surface area contributed by atoms with Crippen LogP contribution in [0.4, 0.5) is 0 Å².